The molecule has 3 nitrogen and oxygen atoms in total. The van der Waals surface area contributed by atoms with Crippen LogP contribution in [0.5, 0.6) is 0 Å². The highest BCUT2D eigenvalue weighted by molar-refractivity contribution is 5.17. The first-order chi connectivity index (χ1) is 9.66. The average Bonchev–Trinajstić information content (AvgIpc) is 2.68. The molecule has 0 aliphatic heterocycles. The third-order valence-electron chi connectivity index (χ3n) is 4.38. The van der Waals surface area contributed by atoms with E-state index in [2.05, 4.69) is 37.2 Å². The molecule has 1 fully saturated rings. The minimum absolute atomic E-state index is 0.511. The van der Waals surface area contributed by atoms with Crippen molar-refractivity contribution in [3.05, 3.63) is 23.7 Å². The molecule has 0 bridgehead atoms. The fourth-order valence-electron chi connectivity index (χ4n) is 3.03. The van der Waals surface area contributed by atoms with Gasteiger partial charge in [0.2, 0.25) is 0 Å². The van der Waals surface area contributed by atoms with E-state index in [0.717, 1.165) is 24.9 Å². The van der Waals surface area contributed by atoms with Crippen molar-refractivity contribution in [3.63, 3.8) is 0 Å². The molecule has 3 heteroatoms. The number of nitrogens with one attached hydrogen (secondary N) is 1. The lowest BCUT2D eigenvalue weighted by atomic mass is 10.1. The highest BCUT2D eigenvalue weighted by Gasteiger charge is 2.19. The van der Waals surface area contributed by atoms with Crippen LogP contribution in [0.15, 0.2) is 16.7 Å². The smallest absolute Gasteiger partial charge is 0.122 e. The van der Waals surface area contributed by atoms with E-state index < -0.39 is 0 Å². The fraction of sp³-hybridized carbons (Fsp3) is 0.765. The van der Waals surface area contributed by atoms with Crippen molar-refractivity contribution >= 4 is 0 Å². The number of hydrogen-bond acceptors (Lipinski definition) is 3. The zero-order valence-corrected chi connectivity index (χ0v) is 13.3. The summed E-state index contributed by atoms with van der Waals surface area (Å²) in [7, 11) is 2.25. The summed E-state index contributed by atoms with van der Waals surface area (Å²) in [5.74, 6) is 1.13. The standard InChI is InChI=1S/C17H30N2O/c1-14(2)18-12-15-10-11-20-17(15)13-19(3)16-8-6-4-5-7-9-16/h10-11,14,16,18H,4-9,12-13H2,1-3H3. The summed E-state index contributed by atoms with van der Waals surface area (Å²) in [4.78, 5) is 2.49. The molecule has 1 saturated carbocycles. The Hall–Kier alpha value is -0.800. The molecule has 0 saturated heterocycles. The predicted octanol–water partition coefficient (Wildman–Crippen LogP) is 3.93. The predicted molar refractivity (Wildman–Crippen MR) is 83.6 cm³/mol. The number of rotatable bonds is 6. The first-order valence-electron chi connectivity index (χ1n) is 8.15. The molecular weight excluding hydrogens is 248 g/mol. The Morgan fingerprint density at radius 1 is 1.25 bits per heavy atom. The molecule has 1 N–H and O–H groups in total. The van der Waals surface area contributed by atoms with Crippen LogP contribution >= 0.6 is 0 Å². The molecule has 0 amide bonds. The van der Waals surface area contributed by atoms with E-state index >= 15 is 0 Å². The summed E-state index contributed by atoms with van der Waals surface area (Å²) >= 11 is 0. The van der Waals surface area contributed by atoms with E-state index in [1.54, 1.807) is 0 Å². The van der Waals surface area contributed by atoms with Crippen molar-refractivity contribution in [2.45, 2.75) is 77.5 Å². The Labute approximate surface area is 123 Å². The molecule has 1 aromatic heterocycles. The van der Waals surface area contributed by atoms with Crippen LogP contribution in [0.3, 0.4) is 0 Å². The molecule has 114 valence electrons. The Morgan fingerprint density at radius 3 is 2.60 bits per heavy atom. The summed E-state index contributed by atoms with van der Waals surface area (Å²) in [5, 5.41) is 3.47. The van der Waals surface area contributed by atoms with Gasteiger partial charge < -0.3 is 9.73 Å². The molecule has 1 aliphatic rings. The molecule has 1 heterocycles. The van der Waals surface area contributed by atoms with Gasteiger partial charge in [-0.1, -0.05) is 39.5 Å². The quantitative estimate of drug-likeness (QED) is 0.799. The third-order valence-corrected chi connectivity index (χ3v) is 4.38. The van der Waals surface area contributed by atoms with E-state index in [-0.39, 0.29) is 0 Å². The minimum Gasteiger partial charge on any atom is -0.468 e. The normalized spacial score (nSPS) is 17.9. The van der Waals surface area contributed by atoms with Crippen molar-refractivity contribution in [1.29, 1.82) is 0 Å². The highest BCUT2D eigenvalue weighted by Crippen LogP contribution is 2.23. The SMILES string of the molecule is CC(C)NCc1ccoc1CN(C)C1CCCCCC1. The van der Waals surface area contributed by atoms with Crippen LogP contribution in [-0.2, 0) is 13.1 Å². The summed E-state index contributed by atoms with van der Waals surface area (Å²) in [6.07, 6.45) is 10.1. The molecule has 0 radical (unpaired) electrons. The van der Waals surface area contributed by atoms with Gasteiger partial charge in [0, 0.05) is 24.2 Å². The van der Waals surface area contributed by atoms with E-state index in [0.29, 0.717) is 6.04 Å². The van der Waals surface area contributed by atoms with E-state index in [9.17, 15) is 0 Å². The summed E-state index contributed by atoms with van der Waals surface area (Å²) in [6, 6.07) is 3.34. The van der Waals surface area contributed by atoms with Crippen LogP contribution in [0.2, 0.25) is 0 Å². The lowest BCUT2D eigenvalue weighted by Crippen LogP contribution is -2.31. The van der Waals surface area contributed by atoms with Gasteiger partial charge in [0.25, 0.3) is 0 Å². The van der Waals surface area contributed by atoms with Crippen molar-refractivity contribution in [1.82, 2.24) is 10.2 Å². The lowest BCUT2D eigenvalue weighted by molar-refractivity contribution is 0.197. The van der Waals surface area contributed by atoms with Crippen LogP contribution < -0.4 is 5.32 Å². The molecule has 0 unspecified atom stereocenters. The van der Waals surface area contributed by atoms with E-state index in [4.69, 9.17) is 4.42 Å². The van der Waals surface area contributed by atoms with Crippen molar-refractivity contribution < 1.29 is 4.42 Å². The Balaban J connectivity index is 1.89. The molecule has 0 aromatic carbocycles. The molecular formula is C17H30N2O. The highest BCUT2D eigenvalue weighted by atomic mass is 16.3. The summed E-state index contributed by atoms with van der Waals surface area (Å²) in [6.45, 7) is 6.20. The number of nitrogens with zero attached hydrogens (tertiary/aromatic N) is 1. The molecule has 0 atom stereocenters. The van der Waals surface area contributed by atoms with E-state index in [1.807, 2.05) is 6.26 Å². The zero-order valence-electron chi connectivity index (χ0n) is 13.3. The van der Waals surface area contributed by atoms with Crippen molar-refractivity contribution in [3.8, 4) is 0 Å². The van der Waals surface area contributed by atoms with Crippen LogP contribution in [0.4, 0.5) is 0 Å². The van der Waals surface area contributed by atoms with Gasteiger partial charge in [-0.2, -0.15) is 0 Å². The Bertz CT molecular complexity index is 378. The largest absolute Gasteiger partial charge is 0.468 e. The van der Waals surface area contributed by atoms with Gasteiger partial charge in [0.15, 0.2) is 0 Å². The summed E-state index contributed by atoms with van der Waals surface area (Å²) in [5.41, 5.74) is 1.30. The molecule has 2 rings (SSSR count). The van der Waals surface area contributed by atoms with Crippen LogP contribution in [0.25, 0.3) is 0 Å². The molecule has 1 aliphatic carbocycles. The third kappa shape index (κ3) is 4.64. The average molecular weight is 278 g/mol. The van der Waals surface area contributed by atoms with Gasteiger partial charge >= 0.3 is 0 Å². The first kappa shape index (κ1) is 15.6. The van der Waals surface area contributed by atoms with Gasteiger partial charge in [0.1, 0.15) is 5.76 Å². The van der Waals surface area contributed by atoms with E-state index in [1.165, 1.54) is 44.1 Å². The molecule has 20 heavy (non-hydrogen) atoms. The van der Waals surface area contributed by atoms with Gasteiger partial charge in [0.05, 0.1) is 12.8 Å². The molecule has 0 spiro atoms. The maximum Gasteiger partial charge on any atom is 0.122 e. The maximum absolute atomic E-state index is 5.71. The monoisotopic (exact) mass is 278 g/mol. The van der Waals surface area contributed by atoms with Crippen LogP contribution in [-0.4, -0.2) is 24.0 Å². The number of hydrogen-bond donors (Lipinski definition) is 1. The van der Waals surface area contributed by atoms with Gasteiger partial charge in [-0.3, -0.25) is 4.90 Å². The van der Waals surface area contributed by atoms with Gasteiger partial charge in [-0.15, -0.1) is 0 Å². The van der Waals surface area contributed by atoms with Crippen LogP contribution in [0, 0.1) is 0 Å². The van der Waals surface area contributed by atoms with Crippen molar-refractivity contribution in [2.24, 2.45) is 0 Å². The fourth-order valence-corrected chi connectivity index (χ4v) is 3.03. The minimum atomic E-state index is 0.511. The van der Waals surface area contributed by atoms with Gasteiger partial charge in [-0.25, -0.2) is 0 Å². The second-order valence-corrected chi connectivity index (χ2v) is 6.47. The maximum atomic E-state index is 5.71. The zero-order chi connectivity index (χ0) is 14.4. The topological polar surface area (TPSA) is 28.4 Å². The number of furan rings is 1. The first-order valence-corrected chi connectivity index (χ1v) is 8.15. The van der Waals surface area contributed by atoms with Crippen molar-refractivity contribution in [2.75, 3.05) is 7.05 Å². The Morgan fingerprint density at radius 2 is 1.95 bits per heavy atom. The Kier molecular flexibility index (Phi) is 6.11. The second kappa shape index (κ2) is 7.84. The molecule has 1 aromatic rings. The van der Waals surface area contributed by atoms with Gasteiger partial charge in [-0.05, 0) is 26.0 Å². The second-order valence-electron chi connectivity index (χ2n) is 6.47. The van der Waals surface area contributed by atoms with Crippen LogP contribution in [0.1, 0.15) is 63.7 Å². The lowest BCUT2D eigenvalue weighted by Gasteiger charge is -2.26. The summed E-state index contributed by atoms with van der Waals surface area (Å²) < 4.78 is 5.71.